The van der Waals surface area contributed by atoms with Gasteiger partial charge in [-0.05, 0) is 93.5 Å². The molecule has 0 aromatic carbocycles. The highest BCUT2D eigenvalue weighted by molar-refractivity contribution is 5.85. The molecule has 7 heteroatoms. The molecule has 7 aliphatic rings. The fourth-order valence-electron chi connectivity index (χ4n) is 10.6. The van der Waals surface area contributed by atoms with E-state index in [-0.39, 0.29) is 52.6 Å². The van der Waals surface area contributed by atoms with Crippen molar-refractivity contribution in [3.05, 3.63) is 11.6 Å². The molecule has 7 rings (SSSR count). The van der Waals surface area contributed by atoms with Crippen LogP contribution in [0.15, 0.2) is 11.6 Å². The second-order valence-corrected chi connectivity index (χ2v) is 13.8. The molecule has 0 aromatic rings. The van der Waals surface area contributed by atoms with Gasteiger partial charge in [-0.25, -0.2) is 4.79 Å². The summed E-state index contributed by atoms with van der Waals surface area (Å²) in [5, 5.41) is 10.3. The van der Waals surface area contributed by atoms with E-state index in [1.165, 1.54) is 31.3 Å². The largest absolute Gasteiger partial charge is 0.458 e. The van der Waals surface area contributed by atoms with Gasteiger partial charge in [0.1, 0.15) is 23.9 Å². The molecule has 3 heterocycles. The monoisotopic (exact) mass is 516 g/mol. The lowest BCUT2D eigenvalue weighted by atomic mass is 9.44. The van der Waals surface area contributed by atoms with Crippen LogP contribution in [-0.2, 0) is 28.5 Å². The van der Waals surface area contributed by atoms with Crippen LogP contribution >= 0.6 is 0 Å². The minimum atomic E-state index is -0.606. The van der Waals surface area contributed by atoms with Gasteiger partial charge in [0, 0.05) is 25.0 Å². The Labute approximate surface area is 220 Å². The topological polar surface area (TPSA) is 86.8 Å². The van der Waals surface area contributed by atoms with Crippen molar-refractivity contribution in [1.82, 2.24) is 0 Å². The molecular formula is C30H44O7. The molecule has 7 nitrogen and oxygen atoms in total. The van der Waals surface area contributed by atoms with Crippen LogP contribution in [0.4, 0.5) is 0 Å². The Morgan fingerprint density at radius 3 is 2.65 bits per heavy atom. The summed E-state index contributed by atoms with van der Waals surface area (Å²) in [5.41, 5.74) is 1.57. The molecule has 0 aromatic heterocycles. The summed E-state index contributed by atoms with van der Waals surface area (Å²) in [7, 11) is 1.65. The van der Waals surface area contributed by atoms with Crippen LogP contribution in [0.2, 0.25) is 0 Å². The third kappa shape index (κ3) is 3.27. The van der Waals surface area contributed by atoms with Gasteiger partial charge in [-0.15, -0.1) is 0 Å². The molecule has 206 valence electrons. The molecular weight excluding hydrogens is 472 g/mol. The molecule has 1 N–H and O–H groups in total. The Morgan fingerprint density at radius 2 is 1.89 bits per heavy atom. The van der Waals surface area contributed by atoms with Crippen LogP contribution in [0, 0.1) is 28.6 Å². The first-order valence-electron chi connectivity index (χ1n) is 14.7. The van der Waals surface area contributed by atoms with Crippen LogP contribution in [0.3, 0.4) is 0 Å². The standard InChI is InChI=1S/C30H44O7/c1-17-26(32)22(33-4)15-25(35-17)36-20-6-9-27(2)19(14-20)5-11-29-23(27)8-10-28(3)21(7-12-30(28,29)37-29)18-13-24(31)34-16-18/h13,17,19-23,25-26,32H,5-12,14-16H2,1-4H3/t17-,19-,20+,21-,22-,23-,25+,26+,27+,28-,29+,30-/m1/s1. The van der Waals surface area contributed by atoms with Crippen molar-refractivity contribution in [3.63, 3.8) is 0 Å². The SMILES string of the molecule is CO[C@@H]1C[C@H](O[C@H]2CC[C@@]3(C)[C@H](CC[C@@]45O[C@@]46CC[C@H](C4=CC(=O)OC4)[C@@]6(C)CC[C@H]35)C2)O[C@H](C)[C@@H]1O. The summed E-state index contributed by atoms with van der Waals surface area (Å²) in [6, 6.07) is 0. The van der Waals surface area contributed by atoms with E-state index in [1.807, 2.05) is 6.92 Å². The van der Waals surface area contributed by atoms with Crippen molar-refractivity contribution in [2.75, 3.05) is 13.7 Å². The van der Waals surface area contributed by atoms with E-state index in [0.717, 1.165) is 32.1 Å². The molecule has 0 unspecified atom stereocenters. The first kappa shape index (κ1) is 25.0. The van der Waals surface area contributed by atoms with E-state index >= 15 is 0 Å². The van der Waals surface area contributed by atoms with Crippen LogP contribution in [0.25, 0.3) is 0 Å². The number of hydrogen-bond donors (Lipinski definition) is 1. The maximum atomic E-state index is 11.8. The van der Waals surface area contributed by atoms with Gasteiger partial charge in [0.05, 0.1) is 18.3 Å². The number of hydrogen-bond acceptors (Lipinski definition) is 7. The zero-order valence-corrected chi connectivity index (χ0v) is 22.9. The van der Waals surface area contributed by atoms with Gasteiger partial charge in [-0.1, -0.05) is 13.8 Å². The maximum Gasteiger partial charge on any atom is 0.331 e. The zero-order valence-electron chi connectivity index (χ0n) is 22.9. The van der Waals surface area contributed by atoms with Crippen LogP contribution in [-0.4, -0.2) is 66.7 Å². The molecule has 2 saturated heterocycles. The summed E-state index contributed by atoms with van der Waals surface area (Å²) < 4.78 is 30.4. The van der Waals surface area contributed by atoms with Crippen LogP contribution in [0.5, 0.6) is 0 Å². The third-order valence-electron chi connectivity index (χ3n) is 12.6. The van der Waals surface area contributed by atoms with Crippen molar-refractivity contribution in [2.24, 2.45) is 28.6 Å². The molecule has 0 amide bonds. The quantitative estimate of drug-likeness (QED) is 0.339. The van der Waals surface area contributed by atoms with Gasteiger partial charge in [-0.3, -0.25) is 0 Å². The molecule has 2 spiro atoms. The average Bonchev–Trinajstić information content (AvgIpc) is 3.18. The van der Waals surface area contributed by atoms with Gasteiger partial charge in [0.15, 0.2) is 6.29 Å². The number of aliphatic hydroxyl groups is 1. The number of esters is 1. The van der Waals surface area contributed by atoms with Gasteiger partial charge in [0.25, 0.3) is 0 Å². The highest BCUT2D eigenvalue weighted by atomic mass is 16.7. The highest BCUT2D eigenvalue weighted by Crippen LogP contribution is 2.81. The fraction of sp³-hybridized carbons (Fsp3) is 0.900. The maximum absolute atomic E-state index is 11.8. The number of carbonyl (C=O) groups is 1. The van der Waals surface area contributed by atoms with Crippen molar-refractivity contribution in [2.45, 2.75) is 127 Å². The Kier molecular flexibility index (Phi) is 5.58. The molecule has 0 radical (unpaired) electrons. The summed E-state index contributed by atoms with van der Waals surface area (Å²) in [4.78, 5) is 11.8. The summed E-state index contributed by atoms with van der Waals surface area (Å²) in [6.07, 6.45) is 11.4. The number of rotatable bonds is 4. The minimum Gasteiger partial charge on any atom is -0.458 e. The number of aliphatic hydroxyl groups excluding tert-OH is 1. The number of carbonyl (C=O) groups excluding carboxylic acids is 1. The number of epoxide rings is 1. The van der Waals surface area contributed by atoms with Gasteiger partial charge >= 0.3 is 5.97 Å². The second kappa shape index (κ2) is 8.26. The van der Waals surface area contributed by atoms with Crippen molar-refractivity contribution >= 4 is 5.97 Å². The lowest BCUT2D eigenvalue weighted by molar-refractivity contribution is -0.271. The number of cyclic esters (lactones) is 1. The number of fused-ring (bicyclic) bond motifs is 2. The lowest BCUT2D eigenvalue weighted by Gasteiger charge is -2.58. The molecule has 0 bridgehead atoms. The predicted molar refractivity (Wildman–Crippen MR) is 134 cm³/mol. The molecule has 3 aliphatic heterocycles. The fourth-order valence-corrected chi connectivity index (χ4v) is 10.6. The molecule has 6 fully saturated rings. The van der Waals surface area contributed by atoms with Crippen LogP contribution in [0.1, 0.15) is 85.0 Å². The number of ether oxygens (including phenoxy) is 5. The van der Waals surface area contributed by atoms with Crippen molar-refractivity contribution in [1.29, 1.82) is 0 Å². The highest BCUT2D eigenvalue weighted by Gasteiger charge is 2.86. The van der Waals surface area contributed by atoms with E-state index in [4.69, 9.17) is 23.7 Å². The Bertz CT molecular complexity index is 996. The van der Waals surface area contributed by atoms with Gasteiger partial charge in [-0.2, -0.15) is 0 Å². The Balaban J connectivity index is 1.06. The van der Waals surface area contributed by atoms with E-state index in [1.54, 1.807) is 13.2 Å². The molecule has 4 saturated carbocycles. The third-order valence-corrected chi connectivity index (χ3v) is 12.6. The minimum absolute atomic E-state index is 0.0153. The Morgan fingerprint density at radius 1 is 1.05 bits per heavy atom. The van der Waals surface area contributed by atoms with Gasteiger partial charge < -0.3 is 28.8 Å². The Hall–Kier alpha value is -0.990. The van der Waals surface area contributed by atoms with Crippen molar-refractivity contribution < 1.29 is 33.6 Å². The molecule has 4 aliphatic carbocycles. The van der Waals surface area contributed by atoms with E-state index < -0.39 is 6.10 Å². The second-order valence-electron chi connectivity index (χ2n) is 13.8. The summed E-state index contributed by atoms with van der Waals surface area (Å²) in [6.45, 7) is 7.37. The van der Waals surface area contributed by atoms with Crippen LogP contribution < -0.4 is 0 Å². The summed E-state index contributed by atoms with van der Waals surface area (Å²) >= 11 is 0. The average molecular weight is 517 g/mol. The van der Waals surface area contributed by atoms with E-state index in [2.05, 4.69) is 13.8 Å². The van der Waals surface area contributed by atoms with Crippen molar-refractivity contribution in [3.8, 4) is 0 Å². The summed E-state index contributed by atoms with van der Waals surface area (Å²) in [5.74, 6) is 1.47. The first-order chi connectivity index (χ1) is 17.7. The molecule has 12 atom stereocenters. The normalized spacial score (nSPS) is 56.5. The smallest absolute Gasteiger partial charge is 0.331 e. The van der Waals surface area contributed by atoms with Gasteiger partial charge in [0.2, 0.25) is 0 Å². The number of methoxy groups -OCH3 is 1. The van der Waals surface area contributed by atoms with E-state index in [9.17, 15) is 9.90 Å². The van der Waals surface area contributed by atoms with E-state index in [0.29, 0.717) is 30.8 Å². The molecule has 37 heavy (non-hydrogen) atoms. The predicted octanol–water partition coefficient (Wildman–Crippen LogP) is 4.30. The zero-order chi connectivity index (χ0) is 25.8. The first-order valence-corrected chi connectivity index (χ1v) is 14.7. The lowest BCUT2D eigenvalue weighted by Crippen LogP contribution is -2.59.